The highest BCUT2D eigenvalue weighted by atomic mass is 14.3. The van der Waals surface area contributed by atoms with Gasteiger partial charge in [-0.1, -0.05) is 48.1 Å². The molecule has 0 saturated heterocycles. The van der Waals surface area contributed by atoms with Crippen LogP contribution in [0.25, 0.3) is 0 Å². The van der Waals surface area contributed by atoms with Crippen LogP contribution >= 0.6 is 0 Å². The molecule has 0 spiro atoms. The molecule has 0 aromatic heterocycles. The lowest BCUT2D eigenvalue weighted by atomic mass is 9.78. The molecule has 0 amide bonds. The normalized spacial score (nSPS) is 28.7. The second kappa shape index (κ2) is 6.04. The highest BCUT2D eigenvalue weighted by molar-refractivity contribution is 5.51. The summed E-state index contributed by atoms with van der Waals surface area (Å²) in [5, 5.41) is 0. The molecular formula is C18H24. The Morgan fingerprint density at radius 2 is 1.94 bits per heavy atom. The molecule has 2 unspecified atom stereocenters. The van der Waals surface area contributed by atoms with Crippen LogP contribution in [0.1, 0.15) is 40.0 Å². The first-order valence-corrected chi connectivity index (χ1v) is 7.12. The molecule has 0 aromatic rings. The van der Waals surface area contributed by atoms with Gasteiger partial charge in [-0.05, 0) is 57.1 Å². The Kier molecular flexibility index (Phi) is 4.41. The summed E-state index contributed by atoms with van der Waals surface area (Å²) >= 11 is 0. The van der Waals surface area contributed by atoms with Gasteiger partial charge in [0.15, 0.2) is 0 Å². The van der Waals surface area contributed by atoms with Crippen LogP contribution < -0.4 is 0 Å². The van der Waals surface area contributed by atoms with Crippen LogP contribution in [0.2, 0.25) is 0 Å². The monoisotopic (exact) mass is 240 g/mol. The summed E-state index contributed by atoms with van der Waals surface area (Å²) in [6, 6.07) is 0. The minimum atomic E-state index is 0.601. The van der Waals surface area contributed by atoms with Gasteiger partial charge >= 0.3 is 0 Å². The Labute approximate surface area is 111 Å². The maximum absolute atomic E-state index is 2.44. The van der Waals surface area contributed by atoms with E-state index in [2.05, 4.69) is 63.3 Å². The Bertz CT molecular complexity index is 441. The molecule has 2 rings (SSSR count). The zero-order valence-corrected chi connectivity index (χ0v) is 11.8. The van der Waals surface area contributed by atoms with Gasteiger partial charge in [-0.2, -0.15) is 0 Å². The van der Waals surface area contributed by atoms with Crippen LogP contribution in [-0.2, 0) is 0 Å². The van der Waals surface area contributed by atoms with E-state index in [0.717, 1.165) is 0 Å². The van der Waals surface area contributed by atoms with E-state index in [1.54, 1.807) is 0 Å². The molecule has 18 heavy (non-hydrogen) atoms. The molecule has 2 atom stereocenters. The van der Waals surface area contributed by atoms with Gasteiger partial charge in [0.05, 0.1) is 0 Å². The molecule has 0 aliphatic heterocycles. The van der Waals surface area contributed by atoms with Gasteiger partial charge in [-0.15, -0.1) is 0 Å². The standard InChI is InChI=1S/C18H24/c1-4-9-16-13-17(10-5-2)18(14(16)3)15-11-7-6-8-12-15/h4-5,7,9-11,13,15,18H,6,8,12H2,1-3H3. The first-order chi connectivity index (χ1) is 8.77. The fourth-order valence-electron chi connectivity index (χ4n) is 3.20. The average molecular weight is 240 g/mol. The molecule has 0 aromatic carbocycles. The molecule has 0 N–H and O–H groups in total. The lowest BCUT2D eigenvalue weighted by Gasteiger charge is -2.26. The molecule has 0 saturated carbocycles. The van der Waals surface area contributed by atoms with Crippen molar-refractivity contribution in [1.29, 1.82) is 0 Å². The van der Waals surface area contributed by atoms with Crippen molar-refractivity contribution in [1.82, 2.24) is 0 Å². The lowest BCUT2D eigenvalue weighted by Crippen LogP contribution is -2.16. The third-order valence-electron chi connectivity index (χ3n) is 4.03. The van der Waals surface area contributed by atoms with E-state index in [1.807, 2.05) is 0 Å². The Balaban J connectivity index is 2.33. The van der Waals surface area contributed by atoms with E-state index in [0.29, 0.717) is 11.8 Å². The molecular weight excluding hydrogens is 216 g/mol. The van der Waals surface area contributed by atoms with Crippen LogP contribution in [0.5, 0.6) is 0 Å². The van der Waals surface area contributed by atoms with E-state index >= 15 is 0 Å². The Morgan fingerprint density at radius 1 is 1.17 bits per heavy atom. The molecule has 2 aliphatic carbocycles. The molecule has 0 bridgehead atoms. The van der Waals surface area contributed by atoms with Gasteiger partial charge in [0.25, 0.3) is 0 Å². The van der Waals surface area contributed by atoms with Crippen molar-refractivity contribution in [2.45, 2.75) is 40.0 Å². The molecule has 0 nitrogen and oxygen atoms in total. The van der Waals surface area contributed by atoms with Gasteiger partial charge in [-0.25, -0.2) is 0 Å². The smallest absolute Gasteiger partial charge is 0.0117 e. The highest BCUT2D eigenvalue weighted by Gasteiger charge is 2.29. The van der Waals surface area contributed by atoms with E-state index in [4.69, 9.17) is 0 Å². The zero-order chi connectivity index (χ0) is 13.0. The second-order valence-electron chi connectivity index (χ2n) is 5.28. The van der Waals surface area contributed by atoms with E-state index < -0.39 is 0 Å². The van der Waals surface area contributed by atoms with Crippen molar-refractivity contribution in [3.63, 3.8) is 0 Å². The fraction of sp³-hybridized carbons (Fsp3) is 0.444. The number of hydrogen-bond acceptors (Lipinski definition) is 0. The molecule has 0 radical (unpaired) electrons. The molecule has 0 fully saturated rings. The van der Waals surface area contributed by atoms with E-state index in [1.165, 1.54) is 36.0 Å². The van der Waals surface area contributed by atoms with Crippen molar-refractivity contribution in [2.75, 3.05) is 0 Å². The lowest BCUT2D eigenvalue weighted by molar-refractivity contribution is 0.456. The minimum Gasteiger partial charge on any atom is -0.0882 e. The van der Waals surface area contributed by atoms with Gasteiger partial charge < -0.3 is 0 Å². The Morgan fingerprint density at radius 3 is 2.56 bits per heavy atom. The van der Waals surface area contributed by atoms with Crippen molar-refractivity contribution >= 4 is 0 Å². The average Bonchev–Trinajstić information content (AvgIpc) is 2.68. The van der Waals surface area contributed by atoms with Crippen LogP contribution in [0, 0.1) is 11.8 Å². The summed E-state index contributed by atoms with van der Waals surface area (Å²) < 4.78 is 0. The number of rotatable bonds is 3. The highest BCUT2D eigenvalue weighted by Crippen LogP contribution is 2.41. The van der Waals surface area contributed by atoms with Gasteiger partial charge in [0.2, 0.25) is 0 Å². The largest absolute Gasteiger partial charge is 0.0882 e. The maximum Gasteiger partial charge on any atom is 0.0117 e. The number of allylic oxidation sites excluding steroid dienone is 10. The summed E-state index contributed by atoms with van der Waals surface area (Å²) in [7, 11) is 0. The summed E-state index contributed by atoms with van der Waals surface area (Å²) in [5.74, 6) is 1.30. The van der Waals surface area contributed by atoms with Crippen LogP contribution in [-0.4, -0.2) is 0 Å². The van der Waals surface area contributed by atoms with Gasteiger partial charge in [0.1, 0.15) is 0 Å². The van der Waals surface area contributed by atoms with Gasteiger partial charge in [-0.3, -0.25) is 0 Å². The summed E-state index contributed by atoms with van der Waals surface area (Å²) in [4.78, 5) is 0. The van der Waals surface area contributed by atoms with Crippen molar-refractivity contribution < 1.29 is 0 Å². The molecule has 96 valence electrons. The third kappa shape index (κ3) is 2.58. The van der Waals surface area contributed by atoms with Crippen LogP contribution in [0.15, 0.2) is 59.3 Å². The van der Waals surface area contributed by atoms with Crippen molar-refractivity contribution in [2.24, 2.45) is 11.8 Å². The molecule has 0 heterocycles. The Hall–Kier alpha value is -1.30. The van der Waals surface area contributed by atoms with Crippen molar-refractivity contribution in [3.8, 4) is 0 Å². The molecule has 2 aliphatic rings. The minimum absolute atomic E-state index is 0.601. The van der Waals surface area contributed by atoms with Crippen LogP contribution in [0.4, 0.5) is 0 Å². The fourth-order valence-corrected chi connectivity index (χ4v) is 3.20. The van der Waals surface area contributed by atoms with E-state index in [-0.39, 0.29) is 0 Å². The molecule has 0 heteroatoms. The summed E-state index contributed by atoms with van der Waals surface area (Å²) in [6.07, 6.45) is 19.9. The SMILES string of the molecule is CC=CC1=CC(C=CC)=C(C)C1C1C=CCCC1. The van der Waals surface area contributed by atoms with Crippen molar-refractivity contribution in [3.05, 3.63) is 59.3 Å². The third-order valence-corrected chi connectivity index (χ3v) is 4.03. The topological polar surface area (TPSA) is 0 Å². The second-order valence-corrected chi connectivity index (χ2v) is 5.28. The van der Waals surface area contributed by atoms with E-state index in [9.17, 15) is 0 Å². The predicted octanol–water partition coefficient (Wildman–Crippen LogP) is 5.37. The quantitative estimate of drug-likeness (QED) is 0.582. The summed E-state index contributed by atoms with van der Waals surface area (Å²) in [6.45, 7) is 6.50. The first kappa shape index (κ1) is 13.1. The predicted molar refractivity (Wildman–Crippen MR) is 80.4 cm³/mol. The van der Waals surface area contributed by atoms with Crippen LogP contribution in [0.3, 0.4) is 0 Å². The number of hydrogen-bond donors (Lipinski definition) is 0. The first-order valence-electron chi connectivity index (χ1n) is 7.12. The zero-order valence-electron chi connectivity index (χ0n) is 11.8. The maximum atomic E-state index is 2.44. The summed E-state index contributed by atoms with van der Waals surface area (Å²) in [5.41, 5.74) is 4.44. The van der Waals surface area contributed by atoms with Gasteiger partial charge in [0, 0.05) is 5.92 Å².